The van der Waals surface area contributed by atoms with Gasteiger partial charge in [-0.15, -0.1) is 10.2 Å². The van der Waals surface area contributed by atoms with Gasteiger partial charge in [0.1, 0.15) is 5.82 Å². The zero-order valence-corrected chi connectivity index (χ0v) is 10.5. The number of rotatable bonds is 5. The van der Waals surface area contributed by atoms with E-state index >= 15 is 0 Å². The largest absolute Gasteiger partial charge is 0.463 e. The van der Waals surface area contributed by atoms with Crippen molar-refractivity contribution in [3.8, 4) is 0 Å². The van der Waals surface area contributed by atoms with Gasteiger partial charge in [0, 0.05) is 18.4 Å². The molecule has 0 unspecified atom stereocenters. The normalized spacial score (nSPS) is 10.2. The molecule has 0 aromatic carbocycles. The molecular formula is C10H15N3O2S. The Morgan fingerprint density at radius 1 is 1.56 bits per heavy atom. The molecule has 6 heteroatoms. The summed E-state index contributed by atoms with van der Waals surface area (Å²) < 4.78 is 6.70. The van der Waals surface area contributed by atoms with Crippen LogP contribution in [0.4, 0.5) is 0 Å². The van der Waals surface area contributed by atoms with Crippen LogP contribution in [0.1, 0.15) is 12.7 Å². The minimum atomic E-state index is -0.353. The van der Waals surface area contributed by atoms with Gasteiger partial charge in [0.25, 0.3) is 0 Å². The summed E-state index contributed by atoms with van der Waals surface area (Å²) >= 11 is 1.42. The van der Waals surface area contributed by atoms with Crippen LogP contribution in [0.2, 0.25) is 0 Å². The summed E-state index contributed by atoms with van der Waals surface area (Å²) in [7, 11) is 1.88. The van der Waals surface area contributed by atoms with Crippen LogP contribution in [0, 0.1) is 6.92 Å². The fourth-order valence-electron chi connectivity index (χ4n) is 0.957. The van der Waals surface area contributed by atoms with Crippen molar-refractivity contribution in [1.29, 1.82) is 0 Å². The molecule has 0 aliphatic heterocycles. The predicted octanol–water partition coefficient (Wildman–Crippen LogP) is 1.33. The van der Waals surface area contributed by atoms with Gasteiger partial charge >= 0.3 is 5.97 Å². The van der Waals surface area contributed by atoms with E-state index in [-0.39, 0.29) is 5.97 Å². The lowest BCUT2D eigenvalue weighted by molar-refractivity contribution is -0.138. The third-order valence-corrected chi connectivity index (χ3v) is 3.10. The molecule has 0 N–H and O–H groups in total. The number of esters is 1. The molecule has 5 nitrogen and oxygen atoms in total. The van der Waals surface area contributed by atoms with Gasteiger partial charge in [-0.25, -0.2) is 4.79 Å². The fraction of sp³-hybridized carbons (Fsp3) is 0.500. The summed E-state index contributed by atoms with van der Waals surface area (Å²) in [6.07, 6.45) is 0. The summed E-state index contributed by atoms with van der Waals surface area (Å²) in [4.78, 5) is 11.3. The van der Waals surface area contributed by atoms with Crippen LogP contribution in [0.5, 0.6) is 0 Å². The van der Waals surface area contributed by atoms with Crippen LogP contribution in [-0.4, -0.2) is 33.1 Å². The monoisotopic (exact) mass is 241 g/mol. The van der Waals surface area contributed by atoms with Crippen LogP contribution in [0.15, 0.2) is 17.3 Å². The molecule has 1 heterocycles. The van der Waals surface area contributed by atoms with Gasteiger partial charge in [0.15, 0.2) is 5.16 Å². The molecule has 1 rings (SSSR count). The third kappa shape index (κ3) is 3.10. The van der Waals surface area contributed by atoms with Crippen molar-refractivity contribution in [2.75, 3.05) is 12.4 Å². The first-order valence-corrected chi connectivity index (χ1v) is 5.88. The van der Waals surface area contributed by atoms with E-state index in [0.717, 1.165) is 11.0 Å². The number of carbonyl (C=O) groups excluding carboxylic acids is 1. The molecule has 0 aliphatic rings. The zero-order valence-electron chi connectivity index (χ0n) is 9.69. The zero-order chi connectivity index (χ0) is 12.1. The minimum absolute atomic E-state index is 0.353. The molecule has 0 spiro atoms. The van der Waals surface area contributed by atoms with Gasteiger partial charge in [-0.3, -0.25) is 0 Å². The second kappa shape index (κ2) is 5.69. The molecule has 0 fully saturated rings. The first-order valence-electron chi connectivity index (χ1n) is 4.90. The highest BCUT2D eigenvalue weighted by molar-refractivity contribution is 7.99. The lowest BCUT2D eigenvalue weighted by atomic mass is 10.4. The quantitative estimate of drug-likeness (QED) is 0.442. The SMILES string of the molecule is C=C(CSc1nnc(C)n1C)C(=O)OCC. The predicted molar refractivity (Wildman–Crippen MR) is 62.2 cm³/mol. The Balaban J connectivity index is 2.49. The molecule has 16 heavy (non-hydrogen) atoms. The van der Waals surface area contributed by atoms with Gasteiger partial charge in [-0.2, -0.15) is 0 Å². The highest BCUT2D eigenvalue weighted by atomic mass is 32.2. The van der Waals surface area contributed by atoms with Crippen molar-refractivity contribution in [2.45, 2.75) is 19.0 Å². The molecule has 0 saturated carbocycles. The third-order valence-electron chi connectivity index (χ3n) is 1.99. The second-order valence-corrected chi connectivity index (χ2v) is 4.14. The van der Waals surface area contributed by atoms with E-state index in [2.05, 4.69) is 16.8 Å². The van der Waals surface area contributed by atoms with E-state index in [0.29, 0.717) is 17.9 Å². The summed E-state index contributed by atoms with van der Waals surface area (Å²) in [5.41, 5.74) is 0.438. The van der Waals surface area contributed by atoms with E-state index in [1.807, 2.05) is 18.5 Å². The second-order valence-electron chi connectivity index (χ2n) is 3.20. The van der Waals surface area contributed by atoms with Crippen LogP contribution >= 0.6 is 11.8 Å². The number of hydrogen-bond donors (Lipinski definition) is 0. The van der Waals surface area contributed by atoms with Crippen LogP contribution in [-0.2, 0) is 16.6 Å². The number of nitrogens with zero attached hydrogens (tertiary/aromatic N) is 3. The molecule has 88 valence electrons. The Labute approximate surface area is 98.9 Å². The van der Waals surface area contributed by atoms with E-state index in [4.69, 9.17) is 4.74 Å². The first kappa shape index (κ1) is 12.8. The topological polar surface area (TPSA) is 57.0 Å². The van der Waals surface area contributed by atoms with Crippen molar-refractivity contribution in [3.05, 3.63) is 18.0 Å². The molecule has 0 aliphatic carbocycles. The summed E-state index contributed by atoms with van der Waals surface area (Å²) in [5.74, 6) is 0.947. The van der Waals surface area contributed by atoms with Gasteiger partial charge in [-0.05, 0) is 13.8 Å². The van der Waals surface area contributed by atoms with E-state index < -0.39 is 0 Å². The molecule has 0 bridgehead atoms. The number of hydrogen-bond acceptors (Lipinski definition) is 5. The molecule has 0 radical (unpaired) electrons. The lowest BCUT2D eigenvalue weighted by Gasteiger charge is -2.04. The number of ether oxygens (including phenoxy) is 1. The van der Waals surface area contributed by atoms with Crippen molar-refractivity contribution in [2.24, 2.45) is 7.05 Å². The van der Waals surface area contributed by atoms with Crippen molar-refractivity contribution in [3.63, 3.8) is 0 Å². The molecule has 0 amide bonds. The Bertz CT molecular complexity index is 401. The fourth-order valence-corrected chi connectivity index (χ4v) is 1.80. The molecule has 0 atom stereocenters. The van der Waals surface area contributed by atoms with E-state index in [9.17, 15) is 4.79 Å². The maximum absolute atomic E-state index is 11.3. The molecule has 0 saturated heterocycles. The standard InChI is InChI=1S/C10H15N3O2S/c1-5-15-9(14)7(2)6-16-10-12-11-8(3)13(10)4/h2,5-6H2,1,3-4H3. The van der Waals surface area contributed by atoms with Crippen LogP contribution in [0.3, 0.4) is 0 Å². The van der Waals surface area contributed by atoms with Crippen molar-refractivity contribution >= 4 is 17.7 Å². The number of thioether (sulfide) groups is 1. The maximum Gasteiger partial charge on any atom is 0.334 e. The van der Waals surface area contributed by atoms with E-state index in [1.54, 1.807) is 6.92 Å². The van der Waals surface area contributed by atoms with E-state index in [1.165, 1.54) is 11.8 Å². The Kier molecular flexibility index (Phi) is 4.54. The highest BCUT2D eigenvalue weighted by Crippen LogP contribution is 2.18. The van der Waals surface area contributed by atoms with Gasteiger partial charge < -0.3 is 9.30 Å². The van der Waals surface area contributed by atoms with Gasteiger partial charge in [0.2, 0.25) is 0 Å². The Morgan fingerprint density at radius 2 is 2.25 bits per heavy atom. The highest BCUT2D eigenvalue weighted by Gasteiger charge is 2.11. The molecule has 1 aromatic heterocycles. The van der Waals surface area contributed by atoms with Crippen molar-refractivity contribution < 1.29 is 9.53 Å². The number of aryl methyl sites for hydroxylation is 1. The lowest BCUT2D eigenvalue weighted by Crippen LogP contribution is -2.08. The number of carbonyl (C=O) groups is 1. The van der Waals surface area contributed by atoms with Crippen molar-refractivity contribution in [1.82, 2.24) is 14.8 Å². The minimum Gasteiger partial charge on any atom is -0.463 e. The number of aromatic nitrogens is 3. The smallest absolute Gasteiger partial charge is 0.334 e. The van der Waals surface area contributed by atoms with Crippen LogP contribution in [0.25, 0.3) is 0 Å². The Hall–Kier alpha value is -1.30. The Morgan fingerprint density at radius 3 is 2.75 bits per heavy atom. The summed E-state index contributed by atoms with van der Waals surface area (Å²) in [5, 5.41) is 8.66. The average molecular weight is 241 g/mol. The average Bonchev–Trinajstić information content (AvgIpc) is 2.57. The maximum atomic E-state index is 11.3. The molecular weight excluding hydrogens is 226 g/mol. The molecule has 1 aromatic rings. The van der Waals surface area contributed by atoms with Crippen LogP contribution < -0.4 is 0 Å². The first-order chi connectivity index (χ1) is 7.56. The summed E-state index contributed by atoms with van der Waals surface area (Å²) in [6, 6.07) is 0. The van der Waals surface area contributed by atoms with Gasteiger partial charge in [-0.1, -0.05) is 18.3 Å². The summed E-state index contributed by atoms with van der Waals surface area (Å²) in [6.45, 7) is 7.68. The van der Waals surface area contributed by atoms with Gasteiger partial charge in [0.05, 0.1) is 6.61 Å².